The molecule has 138 valence electrons. The SMILES string of the molecule is COC(=O)C(F)(C(C)C)P(=O)(O)OC(C)C.COC(=O)C(F)Br. The Kier molecular flexibility index (Phi) is 11.1. The fraction of sp³-hybridized carbons (Fsp3) is 0.833. The fourth-order valence-corrected chi connectivity index (χ4v) is 3.16. The van der Waals surface area contributed by atoms with Gasteiger partial charge in [0.05, 0.1) is 20.3 Å². The van der Waals surface area contributed by atoms with E-state index >= 15 is 0 Å². The minimum absolute atomic E-state index is 0.672. The predicted octanol–water partition coefficient (Wildman–Crippen LogP) is 2.94. The van der Waals surface area contributed by atoms with Crippen molar-refractivity contribution in [2.75, 3.05) is 14.2 Å². The van der Waals surface area contributed by atoms with Crippen molar-refractivity contribution in [3.05, 3.63) is 0 Å². The number of methoxy groups -OCH3 is 2. The van der Waals surface area contributed by atoms with Gasteiger partial charge in [0, 0.05) is 5.92 Å². The summed E-state index contributed by atoms with van der Waals surface area (Å²) in [5, 5.41) is -4.72. The summed E-state index contributed by atoms with van der Waals surface area (Å²) in [7, 11) is -2.67. The summed E-state index contributed by atoms with van der Waals surface area (Å²) in [5.41, 5.74) is 0. The number of esters is 2. The van der Waals surface area contributed by atoms with Crippen molar-refractivity contribution in [2.45, 2.75) is 44.3 Å². The maximum absolute atomic E-state index is 14.3. The van der Waals surface area contributed by atoms with Gasteiger partial charge in [-0.3, -0.25) is 4.57 Å². The van der Waals surface area contributed by atoms with Crippen LogP contribution in [0, 0.1) is 5.92 Å². The third-order valence-corrected chi connectivity index (χ3v) is 4.98. The molecule has 3 unspecified atom stereocenters. The van der Waals surface area contributed by atoms with Crippen molar-refractivity contribution < 1.29 is 41.8 Å². The van der Waals surface area contributed by atoms with Gasteiger partial charge in [-0.05, 0) is 29.8 Å². The molecule has 1 N–H and O–H groups in total. The number of hydrogen-bond acceptors (Lipinski definition) is 6. The first-order valence-corrected chi connectivity index (χ1v) is 8.91. The normalized spacial score (nSPS) is 17.4. The first kappa shape index (κ1) is 24.7. The fourth-order valence-electron chi connectivity index (χ4n) is 1.27. The van der Waals surface area contributed by atoms with Crippen LogP contribution in [0.15, 0.2) is 0 Å². The summed E-state index contributed by atoms with van der Waals surface area (Å²) in [6.07, 6.45) is -0.672. The number of halogens is 3. The molecule has 0 saturated heterocycles. The molecule has 0 amide bonds. The zero-order valence-corrected chi connectivity index (χ0v) is 16.2. The summed E-state index contributed by atoms with van der Waals surface area (Å²) >= 11 is 2.36. The number of rotatable bonds is 6. The molecule has 7 nitrogen and oxygen atoms in total. The average Bonchev–Trinajstić information content (AvgIpc) is 2.43. The molecule has 0 aliphatic carbocycles. The minimum atomic E-state index is -4.74. The Morgan fingerprint density at radius 3 is 1.78 bits per heavy atom. The number of carbonyl (C=O) groups is 2. The van der Waals surface area contributed by atoms with Gasteiger partial charge >= 0.3 is 24.9 Å². The molecule has 0 saturated carbocycles. The van der Waals surface area contributed by atoms with Gasteiger partial charge in [0.15, 0.2) is 0 Å². The molecule has 0 aliphatic heterocycles. The van der Waals surface area contributed by atoms with Crippen molar-refractivity contribution in [1.82, 2.24) is 0 Å². The van der Waals surface area contributed by atoms with Gasteiger partial charge in [-0.15, -0.1) is 0 Å². The van der Waals surface area contributed by atoms with Gasteiger partial charge in [0.1, 0.15) is 0 Å². The van der Waals surface area contributed by atoms with Gasteiger partial charge in [-0.2, -0.15) is 0 Å². The van der Waals surface area contributed by atoms with E-state index in [-0.39, 0.29) is 0 Å². The van der Waals surface area contributed by atoms with E-state index in [0.717, 1.165) is 14.2 Å². The third kappa shape index (κ3) is 7.24. The molecule has 0 aromatic carbocycles. The van der Waals surface area contributed by atoms with Crippen molar-refractivity contribution in [3.8, 4) is 0 Å². The molecule has 0 aliphatic rings. The Morgan fingerprint density at radius 1 is 1.17 bits per heavy atom. The Labute approximate surface area is 142 Å². The number of alkyl halides is 3. The van der Waals surface area contributed by atoms with Crippen molar-refractivity contribution in [1.29, 1.82) is 0 Å². The molecular formula is C12H22BrF2O7P. The van der Waals surface area contributed by atoms with Gasteiger partial charge in [0.25, 0.3) is 5.08 Å². The lowest BCUT2D eigenvalue weighted by Crippen LogP contribution is -2.41. The Bertz CT molecular complexity index is 445. The van der Waals surface area contributed by atoms with E-state index in [9.17, 15) is 27.8 Å². The first-order chi connectivity index (χ1) is 10.3. The van der Waals surface area contributed by atoms with E-state index in [1.165, 1.54) is 27.7 Å². The van der Waals surface area contributed by atoms with Crippen LogP contribution >= 0.6 is 23.5 Å². The maximum Gasteiger partial charge on any atom is 0.377 e. The molecule has 0 fully saturated rings. The lowest BCUT2D eigenvalue weighted by molar-refractivity contribution is -0.152. The average molecular weight is 427 g/mol. The predicted molar refractivity (Wildman–Crippen MR) is 82.6 cm³/mol. The maximum atomic E-state index is 14.3. The van der Waals surface area contributed by atoms with Crippen LogP contribution < -0.4 is 0 Å². The summed E-state index contributed by atoms with van der Waals surface area (Å²) in [6, 6.07) is 0. The molecule has 0 aromatic heterocycles. The monoisotopic (exact) mass is 426 g/mol. The molecule has 0 spiro atoms. The molecule has 0 radical (unpaired) electrons. The van der Waals surface area contributed by atoms with Crippen molar-refractivity contribution >= 4 is 35.5 Å². The smallest absolute Gasteiger partial charge is 0.377 e. The van der Waals surface area contributed by atoms with E-state index in [1.54, 1.807) is 0 Å². The van der Waals surface area contributed by atoms with Crippen LogP contribution in [0.1, 0.15) is 27.7 Å². The van der Waals surface area contributed by atoms with Crippen LogP contribution in [0.5, 0.6) is 0 Å². The lowest BCUT2D eigenvalue weighted by Gasteiger charge is -2.30. The summed E-state index contributed by atoms with van der Waals surface area (Å²) in [4.78, 5) is 30.7. The molecule has 0 heterocycles. The van der Waals surface area contributed by atoms with Gasteiger partial charge < -0.3 is 18.9 Å². The minimum Gasteiger partial charge on any atom is -0.466 e. The van der Waals surface area contributed by atoms with E-state index < -0.39 is 42.0 Å². The van der Waals surface area contributed by atoms with Crippen LogP contribution in [0.2, 0.25) is 0 Å². The molecule has 3 atom stereocenters. The molecule has 11 heteroatoms. The molecule has 23 heavy (non-hydrogen) atoms. The van der Waals surface area contributed by atoms with Crippen LogP contribution in [-0.2, 0) is 28.2 Å². The Hall–Kier alpha value is -0.570. The second-order valence-electron chi connectivity index (χ2n) is 4.82. The van der Waals surface area contributed by atoms with Crippen LogP contribution in [-0.4, -0.2) is 47.6 Å². The largest absolute Gasteiger partial charge is 0.466 e. The molecule has 0 bridgehead atoms. The summed E-state index contributed by atoms with van der Waals surface area (Å²) < 4.78 is 50.4. The van der Waals surface area contributed by atoms with E-state index in [0.29, 0.717) is 0 Å². The van der Waals surface area contributed by atoms with Crippen LogP contribution in [0.25, 0.3) is 0 Å². The highest BCUT2D eigenvalue weighted by Gasteiger charge is 2.60. The molecule has 0 aromatic rings. The number of carbonyl (C=O) groups excluding carboxylic acids is 2. The van der Waals surface area contributed by atoms with Crippen LogP contribution in [0.3, 0.4) is 0 Å². The Morgan fingerprint density at radius 2 is 1.61 bits per heavy atom. The topological polar surface area (TPSA) is 99.1 Å². The molecule has 0 rings (SSSR count). The van der Waals surface area contributed by atoms with Crippen LogP contribution in [0.4, 0.5) is 8.78 Å². The van der Waals surface area contributed by atoms with Gasteiger partial charge in [-0.1, -0.05) is 13.8 Å². The van der Waals surface area contributed by atoms with E-state index in [1.807, 2.05) is 0 Å². The highest BCUT2D eigenvalue weighted by atomic mass is 79.9. The third-order valence-electron chi connectivity index (χ3n) is 2.38. The first-order valence-electron chi connectivity index (χ1n) is 6.42. The highest BCUT2D eigenvalue weighted by molar-refractivity contribution is 9.09. The Balaban J connectivity index is 0. The van der Waals surface area contributed by atoms with E-state index in [4.69, 9.17) is 0 Å². The van der Waals surface area contributed by atoms with Crippen molar-refractivity contribution in [3.63, 3.8) is 0 Å². The van der Waals surface area contributed by atoms with Crippen molar-refractivity contribution in [2.24, 2.45) is 5.92 Å². The van der Waals surface area contributed by atoms with Gasteiger partial charge in [0.2, 0.25) is 0 Å². The molecular weight excluding hydrogens is 405 g/mol. The zero-order valence-electron chi connectivity index (χ0n) is 13.7. The highest BCUT2D eigenvalue weighted by Crippen LogP contribution is 2.61. The van der Waals surface area contributed by atoms with E-state index in [2.05, 4.69) is 29.9 Å². The summed E-state index contributed by atoms with van der Waals surface area (Å²) in [5.74, 6) is -3.33. The standard InChI is InChI=1S/C9H18FO5P.C3H4BrFO2/c1-6(2)9(10,8(11)14-5)16(12,13)15-7(3)4;1-7-3(6)2(4)5/h6-7H,1-5H3,(H,12,13);2H,1H3. The number of hydrogen-bond donors (Lipinski definition) is 1. The number of ether oxygens (including phenoxy) is 2. The van der Waals surface area contributed by atoms with Gasteiger partial charge in [-0.25, -0.2) is 18.4 Å². The quantitative estimate of drug-likeness (QED) is 0.395. The second kappa shape index (κ2) is 10.3. The summed E-state index contributed by atoms with van der Waals surface area (Å²) in [6.45, 7) is 5.56. The lowest BCUT2D eigenvalue weighted by atomic mass is 10.1. The zero-order chi connectivity index (χ0) is 19.0. The second-order valence-corrected chi connectivity index (χ2v) is 7.52.